The number of aliphatic hydroxyl groups is 1. The highest BCUT2D eigenvalue weighted by molar-refractivity contribution is 7.14. The Bertz CT molecular complexity index is 1420. The van der Waals surface area contributed by atoms with Gasteiger partial charge in [-0.3, -0.25) is 9.59 Å². The zero-order valence-corrected chi connectivity index (χ0v) is 22.6. The highest BCUT2D eigenvalue weighted by Crippen LogP contribution is 2.40. The van der Waals surface area contributed by atoms with Gasteiger partial charge in [-0.05, 0) is 79.0 Å². The Morgan fingerprint density at radius 1 is 1.18 bits per heavy atom. The molecule has 3 heterocycles. The van der Waals surface area contributed by atoms with Crippen LogP contribution >= 0.6 is 11.3 Å². The number of amides is 1. The number of aryl methyl sites for hydroxylation is 1. The summed E-state index contributed by atoms with van der Waals surface area (Å²) in [4.78, 5) is 38.4. The molecule has 0 saturated carbocycles. The van der Waals surface area contributed by atoms with Crippen LogP contribution < -0.4 is 10.2 Å². The third-order valence-electron chi connectivity index (χ3n) is 7.16. The highest BCUT2D eigenvalue weighted by Gasteiger charge is 2.33. The van der Waals surface area contributed by atoms with Crippen molar-refractivity contribution in [3.63, 3.8) is 0 Å². The number of nitrogens with zero attached hydrogens (tertiary/aromatic N) is 3. The average Bonchev–Trinajstić information content (AvgIpc) is 3.32. The van der Waals surface area contributed by atoms with E-state index in [-0.39, 0.29) is 18.3 Å². The Hall–Kier alpha value is -3.62. The van der Waals surface area contributed by atoms with E-state index in [1.54, 1.807) is 29.7 Å². The first-order chi connectivity index (χ1) is 18.5. The zero-order chi connectivity index (χ0) is 26.6. The van der Waals surface area contributed by atoms with Crippen molar-refractivity contribution in [2.45, 2.75) is 59.0 Å². The Morgan fingerprint density at radius 2 is 2.03 bits per heavy atom. The molecule has 0 bridgehead atoms. The van der Waals surface area contributed by atoms with Gasteiger partial charge in [0.1, 0.15) is 12.1 Å². The summed E-state index contributed by atoms with van der Waals surface area (Å²) in [5.74, 6) is 0.387. The number of allylic oxidation sites excluding steroid dienone is 4. The molecule has 1 aliphatic carbocycles. The molecule has 196 valence electrons. The highest BCUT2D eigenvalue weighted by atomic mass is 32.1. The van der Waals surface area contributed by atoms with Crippen molar-refractivity contribution in [2.24, 2.45) is 0 Å². The second kappa shape index (κ2) is 11.4. The van der Waals surface area contributed by atoms with Crippen LogP contribution in [0.25, 0.3) is 5.57 Å². The van der Waals surface area contributed by atoms with Crippen LogP contribution in [-0.2, 0) is 30.7 Å². The van der Waals surface area contributed by atoms with Gasteiger partial charge in [0.2, 0.25) is 0 Å². The summed E-state index contributed by atoms with van der Waals surface area (Å²) in [6.07, 6.45) is 12.9. The van der Waals surface area contributed by atoms with E-state index in [1.165, 1.54) is 42.1 Å². The van der Waals surface area contributed by atoms with Crippen LogP contribution in [0.5, 0.6) is 0 Å². The van der Waals surface area contributed by atoms with Gasteiger partial charge in [-0.1, -0.05) is 25.1 Å². The molecule has 2 N–H and O–H groups in total. The molecule has 5 rings (SSSR count). The molecule has 1 aliphatic heterocycles. The van der Waals surface area contributed by atoms with Crippen molar-refractivity contribution in [2.75, 3.05) is 16.8 Å². The first kappa shape index (κ1) is 26.0. The van der Waals surface area contributed by atoms with E-state index in [1.807, 2.05) is 36.1 Å². The first-order valence-electron chi connectivity index (χ1n) is 13.2. The molecule has 0 atom stereocenters. The lowest BCUT2D eigenvalue weighted by molar-refractivity contribution is -0.113. The Balaban J connectivity index is 1.53. The number of rotatable bonds is 8. The fourth-order valence-corrected chi connectivity index (χ4v) is 6.75. The van der Waals surface area contributed by atoms with Crippen molar-refractivity contribution in [1.82, 2.24) is 9.97 Å². The van der Waals surface area contributed by atoms with Gasteiger partial charge in [0, 0.05) is 30.1 Å². The van der Waals surface area contributed by atoms with Crippen LogP contribution in [0.15, 0.2) is 54.6 Å². The van der Waals surface area contributed by atoms with Gasteiger partial charge in [-0.2, -0.15) is 0 Å². The number of thiophene rings is 1. The number of Topliss-reactive ketones (excluding diaryl/α,β-unsaturated/α-hetero) is 1. The van der Waals surface area contributed by atoms with Crippen molar-refractivity contribution in [3.8, 4) is 0 Å². The number of fused-ring (bicyclic) bond motifs is 3. The van der Waals surface area contributed by atoms with E-state index < -0.39 is 0 Å². The predicted octanol–water partition coefficient (Wildman–Crippen LogP) is 5.49. The number of aromatic nitrogens is 2. The lowest BCUT2D eigenvalue weighted by Crippen LogP contribution is -2.37. The molecule has 8 heteroatoms. The molecule has 1 aromatic carbocycles. The summed E-state index contributed by atoms with van der Waals surface area (Å²) in [6.45, 7) is 3.88. The maximum atomic E-state index is 13.7. The van der Waals surface area contributed by atoms with Gasteiger partial charge in [-0.15, -0.1) is 11.3 Å². The van der Waals surface area contributed by atoms with E-state index in [2.05, 4.69) is 15.3 Å². The quantitative estimate of drug-likeness (QED) is 0.297. The Morgan fingerprint density at radius 3 is 2.76 bits per heavy atom. The molecule has 0 fully saturated rings. The van der Waals surface area contributed by atoms with Crippen molar-refractivity contribution >= 4 is 40.1 Å². The minimum absolute atomic E-state index is 0.0175. The topological polar surface area (TPSA) is 95.4 Å². The van der Waals surface area contributed by atoms with Crippen LogP contribution in [0.1, 0.15) is 69.9 Å². The summed E-state index contributed by atoms with van der Waals surface area (Å²) < 4.78 is 0. The summed E-state index contributed by atoms with van der Waals surface area (Å²) in [7, 11) is 0. The van der Waals surface area contributed by atoms with Crippen LogP contribution in [0, 0.1) is 0 Å². The minimum atomic E-state index is -0.229. The molecular weight excluding hydrogens is 496 g/mol. The van der Waals surface area contributed by atoms with Gasteiger partial charge in [0.15, 0.2) is 5.78 Å². The normalized spacial score (nSPS) is 15.8. The number of hydrogen-bond donors (Lipinski definition) is 2. The van der Waals surface area contributed by atoms with E-state index in [9.17, 15) is 14.7 Å². The third-order valence-corrected chi connectivity index (χ3v) is 8.49. The standard InChI is InChI=1S/C30H32N4O3S/c1-3-7-20(16-25(19(2)36)33-28-12-14-31-18-32-28)21-9-6-10-26(24(21)17-35)34-15-13-23-22-8-4-5-11-27(22)38-29(23)30(34)37/h6-7,9-10,12,14,16,18,35H,3-5,8,11,13,15,17H2,1-2H3,(H,31,32,33)/b20-7+,25-16+. The van der Waals surface area contributed by atoms with Crippen LogP contribution in [-0.4, -0.2) is 33.3 Å². The molecule has 0 spiro atoms. The van der Waals surface area contributed by atoms with Crippen molar-refractivity contribution in [3.05, 3.63) is 86.6 Å². The number of carbonyl (C=O) groups is 2. The number of benzene rings is 1. The van der Waals surface area contributed by atoms with Gasteiger partial charge in [0.05, 0.1) is 22.9 Å². The maximum absolute atomic E-state index is 13.7. The molecule has 0 radical (unpaired) electrons. The van der Waals surface area contributed by atoms with Crippen LogP contribution in [0.3, 0.4) is 0 Å². The van der Waals surface area contributed by atoms with Crippen molar-refractivity contribution in [1.29, 1.82) is 0 Å². The summed E-state index contributed by atoms with van der Waals surface area (Å²) >= 11 is 1.66. The molecule has 2 aliphatic rings. The number of anilines is 2. The second-order valence-corrected chi connectivity index (χ2v) is 10.7. The molecule has 1 amide bonds. The van der Waals surface area contributed by atoms with E-state index in [0.29, 0.717) is 23.6 Å². The molecule has 38 heavy (non-hydrogen) atoms. The molecule has 7 nitrogen and oxygen atoms in total. The lowest BCUT2D eigenvalue weighted by atomic mass is 9.91. The molecule has 3 aromatic rings. The molecule has 0 unspecified atom stereocenters. The van der Waals surface area contributed by atoms with Crippen LogP contribution in [0.2, 0.25) is 0 Å². The van der Waals surface area contributed by atoms with E-state index in [0.717, 1.165) is 47.4 Å². The molecule has 2 aromatic heterocycles. The van der Waals surface area contributed by atoms with Gasteiger partial charge < -0.3 is 15.3 Å². The Kier molecular flexibility index (Phi) is 7.81. The van der Waals surface area contributed by atoms with Crippen molar-refractivity contribution < 1.29 is 14.7 Å². The largest absolute Gasteiger partial charge is 0.392 e. The maximum Gasteiger partial charge on any atom is 0.268 e. The van der Waals surface area contributed by atoms with E-state index in [4.69, 9.17) is 0 Å². The lowest BCUT2D eigenvalue weighted by Gasteiger charge is -2.30. The average molecular weight is 529 g/mol. The van der Waals surface area contributed by atoms with Gasteiger partial charge in [-0.25, -0.2) is 9.97 Å². The monoisotopic (exact) mass is 528 g/mol. The summed E-state index contributed by atoms with van der Waals surface area (Å²) in [5.41, 5.74) is 6.00. The fraction of sp³-hybridized carbons (Fsp3) is 0.333. The summed E-state index contributed by atoms with van der Waals surface area (Å²) in [5, 5.41) is 13.6. The fourth-order valence-electron chi connectivity index (χ4n) is 5.36. The summed E-state index contributed by atoms with van der Waals surface area (Å²) in [6, 6.07) is 7.44. The second-order valence-electron chi connectivity index (χ2n) is 9.59. The van der Waals surface area contributed by atoms with Gasteiger partial charge >= 0.3 is 0 Å². The minimum Gasteiger partial charge on any atom is -0.392 e. The SMILES string of the molecule is CC/C=C(\C=C(\Nc1ccncn1)C(C)=O)c1cccc(N2CCc3c(sc4c3CCCC4)C2=O)c1CO. The predicted molar refractivity (Wildman–Crippen MR) is 151 cm³/mol. The number of carbonyl (C=O) groups excluding carboxylic acids is 2. The molecular formula is C30H32N4O3S. The van der Waals surface area contributed by atoms with Gasteiger partial charge in [0.25, 0.3) is 5.91 Å². The Labute approximate surface area is 227 Å². The molecule has 0 saturated heterocycles. The number of nitrogens with one attached hydrogen (secondary N) is 1. The van der Waals surface area contributed by atoms with Crippen LogP contribution in [0.4, 0.5) is 11.5 Å². The van der Waals surface area contributed by atoms with E-state index >= 15 is 0 Å². The number of hydrogen-bond acceptors (Lipinski definition) is 7. The number of aliphatic hydroxyl groups excluding tert-OH is 1. The smallest absolute Gasteiger partial charge is 0.268 e. The number of ketones is 1. The zero-order valence-electron chi connectivity index (χ0n) is 21.8. The third kappa shape index (κ3) is 5.06. The first-order valence-corrected chi connectivity index (χ1v) is 14.0.